The van der Waals surface area contributed by atoms with E-state index < -0.39 is 27.3 Å². The SMILES string of the molecule is CC(C)(CO)NC[C@H]1CN(S(=O)(=O)c2ccccc2S)CCN1c1ccc([C@@](C)(O)C(F)(F)F)cc1. The molecule has 12 heteroatoms. The fourth-order valence-corrected chi connectivity index (χ4v) is 6.02. The standard InChI is InChI=1S/C24H32F3N3O4S2/c1-22(2,16-31)28-14-19-15-29(36(33,34)21-7-5-4-6-20(21)35)12-13-30(19)18-10-8-17(9-11-18)23(3,32)24(25,26)27/h4-11,19,28,31-32,35H,12-16H2,1-3H3/t19-,23+/m0/s1. The van der Waals surface area contributed by atoms with Crippen molar-refractivity contribution in [3.63, 3.8) is 0 Å². The Labute approximate surface area is 215 Å². The first kappa shape index (κ1) is 28.7. The van der Waals surface area contributed by atoms with E-state index in [-0.39, 0.29) is 42.7 Å². The van der Waals surface area contributed by atoms with Crippen LogP contribution >= 0.6 is 12.6 Å². The van der Waals surface area contributed by atoms with Crippen LogP contribution in [-0.4, -0.2) is 73.5 Å². The first-order chi connectivity index (χ1) is 16.6. The number of alkyl halides is 3. The fraction of sp³-hybridized carbons (Fsp3) is 0.500. The molecule has 0 saturated carbocycles. The third-order valence-corrected chi connectivity index (χ3v) is 8.92. The van der Waals surface area contributed by atoms with Crippen LogP contribution in [0.4, 0.5) is 18.9 Å². The van der Waals surface area contributed by atoms with Crippen molar-refractivity contribution in [1.29, 1.82) is 0 Å². The monoisotopic (exact) mass is 547 g/mol. The molecule has 0 bridgehead atoms. The molecule has 1 heterocycles. The molecule has 1 aliphatic rings. The Bertz CT molecular complexity index is 1160. The van der Waals surface area contributed by atoms with E-state index in [9.17, 15) is 31.8 Å². The van der Waals surface area contributed by atoms with Gasteiger partial charge in [-0.3, -0.25) is 0 Å². The van der Waals surface area contributed by atoms with Crippen LogP contribution < -0.4 is 10.2 Å². The summed E-state index contributed by atoms with van der Waals surface area (Å²) in [5, 5.41) is 22.9. The van der Waals surface area contributed by atoms with Gasteiger partial charge in [-0.25, -0.2) is 8.42 Å². The van der Waals surface area contributed by atoms with Gasteiger partial charge >= 0.3 is 6.18 Å². The molecule has 0 spiro atoms. The van der Waals surface area contributed by atoms with Gasteiger partial charge in [0.25, 0.3) is 0 Å². The molecular weight excluding hydrogens is 515 g/mol. The van der Waals surface area contributed by atoms with Crippen molar-refractivity contribution in [2.24, 2.45) is 0 Å². The summed E-state index contributed by atoms with van der Waals surface area (Å²) in [6, 6.07) is 11.5. The lowest BCUT2D eigenvalue weighted by Crippen LogP contribution is -2.60. The van der Waals surface area contributed by atoms with E-state index in [0.29, 0.717) is 24.1 Å². The van der Waals surface area contributed by atoms with Crippen molar-refractivity contribution >= 4 is 28.3 Å². The van der Waals surface area contributed by atoms with Gasteiger partial charge in [-0.1, -0.05) is 24.3 Å². The number of thiol groups is 1. The number of piperazine rings is 1. The zero-order valence-corrected chi connectivity index (χ0v) is 22.0. The van der Waals surface area contributed by atoms with E-state index in [0.717, 1.165) is 0 Å². The van der Waals surface area contributed by atoms with Crippen molar-refractivity contribution in [3.8, 4) is 0 Å². The Kier molecular flexibility index (Phi) is 8.38. The van der Waals surface area contributed by atoms with E-state index in [1.165, 1.54) is 34.6 Å². The van der Waals surface area contributed by atoms with Crippen LogP contribution in [0, 0.1) is 0 Å². The molecule has 0 aromatic heterocycles. The first-order valence-electron chi connectivity index (χ1n) is 11.4. The predicted octanol–water partition coefficient (Wildman–Crippen LogP) is 2.99. The predicted molar refractivity (Wildman–Crippen MR) is 135 cm³/mol. The third kappa shape index (κ3) is 6.00. The topological polar surface area (TPSA) is 93.1 Å². The van der Waals surface area contributed by atoms with Gasteiger partial charge in [-0.15, -0.1) is 12.6 Å². The minimum absolute atomic E-state index is 0.0999. The van der Waals surface area contributed by atoms with Gasteiger partial charge in [-0.2, -0.15) is 17.5 Å². The van der Waals surface area contributed by atoms with E-state index in [2.05, 4.69) is 17.9 Å². The summed E-state index contributed by atoms with van der Waals surface area (Å²) in [6.07, 6.45) is -4.83. The van der Waals surface area contributed by atoms with Crippen molar-refractivity contribution in [2.75, 3.05) is 37.7 Å². The normalized spacial score (nSPS) is 19.8. The van der Waals surface area contributed by atoms with Crippen LogP contribution in [0.1, 0.15) is 26.3 Å². The van der Waals surface area contributed by atoms with E-state index in [1.807, 2.05) is 4.90 Å². The highest BCUT2D eigenvalue weighted by Gasteiger charge is 2.51. The van der Waals surface area contributed by atoms with Gasteiger partial charge in [-0.05, 0) is 50.6 Å². The van der Waals surface area contributed by atoms with Gasteiger partial charge in [0, 0.05) is 42.3 Å². The average Bonchev–Trinajstić information content (AvgIpc) is 2.82. The molecular formula is C24H32F3N3O4S2. The van der Waals surface area contributed by atoms with Crippen molar-refractivity contribution < 1.29 is 31.8 Å². The summed E-state index contributed by atoms with van der Waals surface area (Å²) < 4.78 is 67.9. The largest absolute Gasteiger partial charge is 0.421 e. The summed E-state index contributed by atoms with van der Waals surface area (Å²) in [5.41, 5.74) is -3.32. The summed E-state index contributed by atoms with van der Waals surface area (Å²) in [6.45, 7) is 5.04. The third-order valence-electron chi connectivity index (χ3n) is 6.45. The van der Waals surface area contributed by atoms with Crippen LogP contribution in [0.3, 0.4) is 0 Å². The summed E-state index contributed by atoms with van der Waals surface area (Å²) in [7, 11) is -3.84. The number of halogens is 3. The molecule has 36 heavy (non-hydrogen) atoms. The van der Waals surface area contributed by atoms with Gasteiger partial charge in [0.15, 0.2) is 5.60 Å². The number of sulfonamides is 1. The summed E-state index contributed by atoms with van der Waals surface area (Å²) in [5.74, 6) is 0. The Hall–Kier alpha value is -1.83. The first-order valence-corrected chi connectivity index (χ1v) is 13.3. The summed E-state index contributed by atoms with van der Waals surface area (Å²) in [4.78, 5) is 2.36. The zero-order chi connectivity index (χ0) is 26.9. The molecule has 0 radical (unpaired) electrons. The number of hydrogen-bond donors (Lipinski definition) is 4. The van der Waals surface area contributed by atoms with Gasteiger partial charge in [0.2, 0.25) is 10.0 Å². The second-order valence-corrected chi connectivity index (χ2v) is 12.1. The molecule has 2 aromatic rings. The van der Waals surface area contributed by atoms with Gasteiger partial charge in [0.05, 0.1) is 17.5 Å². The minimum atomic E-state index is -4.83. The zero-order valence-electron chi connectivity index (χ0n) is 20.3. The maximum atomic E-state index is 13.4. The maximum absolute atomic E-state index is 13.4. The number of rotatable bonds is 8. The number of anilines is 1. The number of benzene rings is 2. The van der Waals surface area contributed by atoms with Crippen molar-refractivity contribution in [2.45, 2.75) is 53.9 Å². The van der Waals surface area contributed by atoms with Crippen LogP contribution in [-0.2, 0) is 15.6 Å². The molecule has 1 aliphatic heterocycles. The molecule has 0 unspecified atom stereocenters. The quantitative estimate of drug-likeness (QED) is 0.380. The number of aliphatic hydroxyl groups is 2. The molecule has 2 aromatic carbocycles. The molecule has 7 nitrogen and oxygen atoms in total. The number of nitrogens with zero attached hydrogens (tertiary/aromatic N) is 2. The molecule has 2 atom stereocenters. The highest BCUT2D eigenvalue weighted by atomic mass is 32.2. The van der Waals surface area contributed by atoms with Gasteiger partial charge in [0.1, 0.15) is 0 Å². The lowest BCUT2D eigenvalue weighted by Gasteiger charge is -2.43. The van der Waals surface area contributed by atoms with Crippen molar-refractivity contribution in [1.82, 2.24) is 9.62 Å². The Balaban J connectivity index is 1.90. The van der Waals surface area contributed by atoms with E-state index in [1.54, 1.807) is 32.0 Å². The second-order valence-electron chi connectivity index (χ2n) is 9.72. The van der Waals surface area contributed by atoms with E-state index in [4.69, 9.17) is 0 Å². The average molecular weight is 548 g/mol. The molecule has 200 valence electrons. The molecule has 0 amide bonds. The lowest BCUT2D eigenvalue weighted by molar-refractivity contribution is -0.258. The van der Waals surface area contributed by atoms with Crippen LogP contribution in [0.25, 0.3) is 0 Å². The number of nitrogens with one attached hydrogen (secondary N) is 1. The minimum Gasteiger partial charge on any atom is -0.394 e. The highest BCUT2D eigenvalue weighted by molar-refractivity contribution is 7.90. The second kappa shape index (κ2) is 10.5. The van der Waals surface area contributed by atoms with Crippen LogP contribution in [0.15, 0.2) is 58.3 Å². The van der Waals surface area contributed by atoms with Gasteiger partial charge < -0.3 is 20.4 Å². The lowest BCUT2D eigenvalue weighted by atomic mass is 9.95. The van der Waals surface area contributed by atoms with E-state index >= 15 is 0 Å². The summed E-state index contributed by atoms with van der Waals surface area (Å²) >= 11 is 4.30. The molecule has 0 aliphatic carbocycles. The molecule has 1 fully saturated rings. The highest BCUT2D eigenvalue weighted by Crippen LogP contribution is 2.39. The molecule has 1 saturated heterocycles. The van der Waals surface area contributed by atoms with Crippen LogP contribution in [0.5, 0.6) is 0 Å². The Morgan fingerprint density at radius 1 is 1.06 bits per heavy atom. The van der Waals surface area contributed by atoms with Crippen LogP contribution in [0.2, 0.25) is 0 Å². The smallest absolute Gasteiger partial charge is 0.394 e. The fourth-order valence-electron chi connectivity index (χ4n) is 3.97. The molecule has 3 N–H and O–H groups in total. The van der Waals surface area contributed by atoms with Crippen molar-refractivity contribution in [3.05, 3.63) is 54.1 Å². The maximum Gasteiger partial charge on any atom is 0.421 e. The number of aliphatic hydroxyl groups excluding tert-OH is 1. The Morgan fingerprint density at radius 2 is 1.67 bits per heavy atom. The Morgan fingerprint density at radius 3 is 2.22 bits per heavy atom. The molecule has 3 rings (SSSR count). The number of hydrogen-bond acceptors (Lipinski definition) is 7.